The molecule has 0 aromatic heterocycles. The lowest BCUT2D eigenvalue weighted by Gasteiger charge is -2.05. The monoisotopic (exact) mass is 259 g/mol. The number of carbonyl (C=O) groups excluding carboxylic acids is 2. The van der Waals surface area contributed by atoms with E-state index >= 15 is 0 Å². The summed E-state index contributed by atoms with van der Waals surface area (Å²) in [6.45, 7) is 3.83. The molecule has 19 heavy (non-hydrogen) atoms. The van der Waals surface area contributed by atoms with Gasteiger partial charge in [-0.15, -0.1) is 0 Å². The van der Waals surface area contributed by atoms with Crippen LogP contribution in [0.5, 0.6) is 0 Å². The number of benzene rings is 1. The fourth-order valence-corrected chi connectivity index (χ4v) is 1.56. The van der Waals surface area contributed by atoms with Crippen LogP contribution in [0, 0.1) is 18.8 Å². The highest BCUT2D eigenvalue weighted by atomic mass is 16.5. The molecular formula is C15H17NO3. The molecule has 0 bridgehead atoms. The first-order valence-corrected chi connectivity index (χ1v) is 5.97. The Balaban J connectivity index is 2.77. The molecule has 0 saturated carbocycles. The summed E-state index contributed by atoms with van der Waals surface area (Å²) in [6.07, 6.45) is 0.571. The predicted octanol–water partition coefficient (Wildman–Crippen LogP) is 1.66. The molecule has 0 heterocycles. The second kappa shape index (κ2) is 7.22. The Kier molecular flexibility index (Phi) is 5.62. The molecule has 100 valence electrons. The van der Waals surface area contributed by atoms with Crippen LogP contribution in [0.25, 0.3) is 0 Å². The first-order chi connectivity index (χ1) is 9.06. The molecule has 4 heteroatoms. The van der Waals surface area contributed by atoms with E-state index in [1.807, 2.05) is 13.0 Å². The Bertz CT molecular complexity index is 538. The summed E-state index contributed by atoms with van der Waals surface area (Å²) in [5.74, 6) is 5.54. The molecule has 1 aromatic carbocycles. The molecule has 0 saturated heterocycles. The Morgan fingerprint density at radius 3 is 2.74 bits per heavy atom. The Morgan fingerprint density at radius 1 is 1.37 bits per heavy atom. The first-order valence-electron chi connectivity index (χ1n) is 5.97. The number of carbonyl (C=O) groups is 2. The number of ether oxygens (including phenoxy) is 1. The molecule has 0 spiro atoms. The van der Waals surface area contributed by atoms with Crippen molar-refractivity contribution in [2.45, 2.75) is 20.3 Å². The van der Waals surface area contributed by atoms with Gasteiger partial charge in [0.05, 0.1) is 12.7 Å². The molecule has 1 aromatic rings. The average Bonchev–Trinajstić information content (AvgIpc) is 2.39. The van der Waals surface area contributed by atoms with Crippen molar-refractivity contribution in [2.24, 2.45) is 0 Å². The lowest BCUT2D eigenvalue weighted by atomic mass is 10.0. The van der Waals surface area contributed by atoms with E-state index < -0.39 is 0 Å². The van der Waals surface area contributed by atoms with Crippen molar-refractivity contribution in [1.29, 1.82) is 0 Å². The normalized spacial score (nSPS) is 9.21. The Morgan fingerprint density at radius 2 is 2.11 bits per heavy atom. The van der Waals surface area contributed by atoms with E-state index in [1.54, 1.807) is 12.1 Å². The third kappa shape index (κ3) is 4.47. The number of hydrogen-bond donors (Lipinski definition) is 1. The molecule has 0 atom stereocenters. The number of rotatable bonds is 3. The molecule has 4 nitrogen and oxygen atoms in total. The van der Waals surface area contributed by atoms with Gasteiger partial charge in [-0.25, -0.2) is 4.79 Å². The highest BCUT2D eigenvalue weighted by molar-refractivity contribution is 5.91. The van der Waals surface area contributed by atoms with Gasteiger partial charge >= 0.3 is 5.97 Å². The van der Waals surface area contributed by atoms with Crippen molar-refractivity contribution in [3.05, 3.63) is 34.9 Å². The highest BCUT2D eigenvalue weighted by Crippen LogP contribution is 2.13. The summed E-state index contributed by atoms with van der Waals surface area (Å²) in [5.41, 5.74) is 2.13. The lowest BCUT2D eigenvalue weighted by Crippen LogP contribution is -2.20. The minimum Gasteiger partial charge on any atom is -0.465 e. The molecule has 0 fully saturated rings. The summed E-state index contributed by atoms with van der Waals surface area (Å²) in [7, 11) is 1.35. The van der Waals surface area contributed by atoms with Crippen molar-refractivity contribution < 1.29 is 14.3 Å². The van der Waals surface area contributed by atoms with Gasteiger partial charge in [0.15, 0.2) is 0 Å². The van der Waals surface area contributed by atoms with Crippen molar-refractivity contribution >= 4 is 11.9 Å². The molecule has 0 aliphatic rings. The standard InChI is InChI=1S/C15H17NO3/c1-11-13(7-4-5-10-16-12(2)17)8-6-9-14(11)15(18)19-3/h6,8-9H,5,10H2,1-3H3,(H,16,17). The van der Waals surface area contributed by atoms with Gasteiger partial charge in [-0.3, -0.25) is 4.79 Å². The maximum absolute atomic E-state index is 11.5. The van der Waals surface area contributed by atoms with Crippen LogP contribution in [0.15, 0.2) is 18.2 Å². The second-order valence-electron chi connectivity index (χ2n) is 4.00. The summed E-state index contributed by atoms with van der Waals surface area (Å²) < 4.78 is 4.71. The number of nitrogens with one attached hydrogen (secondary N) is 1. The number of amides is 1. The Labute approximate surface area is 113 Å². The van der Waals surface area contributed by atoms with Crippen LogP contribution in [0.3, 0.4) is 0 Å². The van der Waals surface area contributed by atoms with Crippen LogP contribution >= 0.6 is 0 Å². The fraction of sp³-hybridized carbons (Fsp3) is 0.333. The van der Waals surface area contributed by atoms with Gasteiger partial charge in [-0.2, -0.15) is 0 Å². The topological polar surface area (TPSA) is 55.4 Å². The van der Waals surface area contributed by atoms with Gasteiger partial charge in [0, 0.05) is 25.5 Å². The maximum Gasteiger partial charge on any atom is 0.338 e. The summed E-state index contributed by atoms with van der Waals surface area (Å²) >= 11 is 0. The third-order valence-electron chi connectivity index (χ3n) is 2.59. The van der Waals surface area contributed by atoms with Gasteiger partial charge in [0.25, 0.3) is 0 Å². The van der Waals surface area contributed by atoms with Crippen molar-refractivity contribution in [3.8, 4) is 11.8 Å². The summed E-state index contributed by atoms with van der Waals surface area (Å²) in [6, 6.07) is 5.34. The Hall–Kier alpha value is -2.28. The maximum atomic E-state index is 11.5. The smallest absolute Gasteiger partial charge is 0.338 e. The van der Waals surface area contributed by atoms with Crippen LogP contribution in [0.2, 0.25) is 0 Å². The molecule has 0 aliphatic carbocycles. The van der Waals surface area contributed by atoms with E-state index in [1.165, 1.54) is 14.0 Å². The zero-order valence-corrected chi connectivity index (χ0v) is 11.4. The van der Waals surface area contributed by atoms with Crippen molar-refractivity contribution in [3.63, 3.8) is 0 Å². The zero-order valence-electron chi connectivity index (χ0n) is 11.4. The average molecular weight is 259 g/mol. The van der Waals surface area contributed by atoms with Gasteiger partial charge in [-0.05, 0) is 24.6 Å². The van der Waals surface area contributed by atoms with E-state index in [9.17, 15) is 9.59 Å². The molecule has 0 aliphatic heterocycles. The number of esters is 1. The minimum atomic E-state index is -0.362. The summed E-state index contributed by atoms with van der Waals surface area (Å²) in [4.78, 5) is 22.2. The quantitative estimate of drug-likeness (QED) is 0.510. The molecular weight excluding hydrogens is 242 g/mol. The third-order valence-corrected chi connectivity index (χ3v) is 2.59. The van der Waals surface area contributed by atoms with Gasteiger partial charge < -0.3 is 10.1 Å². The van der Waals surface area contributed by atoms with Gasteiger partial charge in [0.2, 0.25) is 5.91 Å². The fourth-order valence-electron chi connectivity index (χ4n) is 1.56. The second-order valence-corrected chi connectivity index (χ2v) is 4.00. The molecule has 0 radical (unpaired) electrons. The van der Waals surface area contributed by atoms with Crippen LogP contribution in [0.4, 0.5) is 0 Å². The number of methoxy groups -OCH3 is 1. The van der Waals surface area contributed by atoms with E-state index in [4.69, 9.17) is 4.74 Å². The van der Waals surface area contributed by atoms with Gasteiger partial charge in [-0.1, -0.05) is 17.9 Å². The van der Waals surface area contributed by atoms with Crippen molar-refractivity contribution in [1.82, 2.24) is 5.32 Å². The van der Waals surface area contributed by atoms with Crippen LogP contribution in [0.1, 0.15) is 34.8 Å². The van der Waals surface area contributed by atoms with E-state index in [0.717, 1.165) is 11.1 Å². The predicted molar refractivity (Wildman–Crippen MR) is 72.7 cm³/mol. The zero-order chi connectivity index (χ0) is 14.3. The molecule has 1 rings (SSSR count). The largest absolute Gasteiger partial charge is 0.465 e. The first kappa shape index (κ1) is 14.8. The SMILES string of the molecule is COC(=O)c1cccc(C#CCCNC(C)=O)c1C. The van der Waals surface area contributed by atoms with E-state index in [0.29, 0.717) is 18.5 Å². The van der Waals surface area contributed by atoms with E-state index in [2.05, 4.69) is 17.2 Å². The number of hydrogen-bond acceptors (Lipinski definition) is 3. The van der Waals surface area contributed by atoms with Gasteiger partial charge in [0.1, 0.15) is 0 Å². The minimum absolute atomic E-state index is 0.0642. The van der Waals surface area contributed by atoms with Crippen LogP contribution in [-0.4, -0.2) is 25.5 Å². The van der Waals surface area contributed by atoms with Crippen LogP contribution < -0.4 is 5.32 Å². The molecule has 1 N–H and O–H groups in total. The molecule has 1 amide bonds. The summed E-state index contributed by atoms with van der Waals surface area (Å²) in [5, 5.41) is 2.67. The van der Waals surface area contributed by atoms with Crippen LogP contribution in [-0.2, 0) is 9.53 Å². The highest BCUT2D eigenvalue weighted by Gasteiger charge is 2.10. The van der Waals surface area contributed by atoms with E-state index in [-0.39, 0.29) is 11.9 Å². The molecule has 0 unspecified atom stereocenters. The van der Waals surface area contributed by atoms with Crippen molar-refractivity contribution in [2.75, 3.05) is 13.7 Å². The lowest BCUT2D eigenvalue weighted by molar-refractivity contribution is -0.118.